The van der Waals surface area contributed by atoms with Crippen LogP contribution in [-0.4, -0.2) is 88.1 Å². The Balaban J connectivity index is 1.73. The molecule has 0 radical (unpaired) electrons. The van der Waals surface area contributed by atoms with Gasteiger partial charge in [0.25, 0.3) is 0 Å². The SMILES string of the molecule is C=CCOC(=O)O[C@H](C)[C@H]1C(=O)N2C(C(=O)O)=C(S[C@H]3C[C@@H](/C=C/C(N)=O)N(C(=O)OCC=C)C3)C[C@H]12. The molecule has 3 N–H and O–H groups in total. The van der Waals surface area contributed by atoms with Gasteiger partial charge in [0.2, 0.25) is 11.8 Å². The molecule has 2 saturated heterocycles. The molecule has 3 heterocycles. The second-order valence-electron chi connectivity index (χ2n) is 8.58. The van der Waals surface area contributed by atoms with E-state index in [9.17, 15) is 29.1 Å². The molecule has 2 fully saturated rings. The van der Waals surface area contributed by atoms with Gasteiger partial charge in [-0.25, -0.2) is 14.4 Å². The van der Waals surface area contributed by atoms with Crippen molar-refractivity contribution >= 4 is 41.8 Å². The molecule has 0 spiro atoms. The molecule has 0 aromatic heterocycles. The predicted octanol–water partition coefficient (Wildman–Crippen LogP) is 1.78. The molecule has 0 saturated carbocycles. The molecular formula is C24H29N3O9S. The number of carboxylic acid groups (broad SMARTS) is 1. The zero-order valence-corrected chi connectivity index (χ0v) is 21.1. The molecule has 3 rings (SSSR count). The van der Waals surface area contributed by atoms with Crippen LogP contribution in [0.1, 0.15) is 19.8 Å². The number of rotatable bonds is 11. The smallest absolute Gasteiger partial charge is 0.477 e. The van der Waals surface area contributed by atoms with Crippen molar-refractivity contribution < 1.29 is 43.3 Å². The van der Waals surface area contributed by atoms with E-state index in [1.165, 1.54) is 45.9 Å². The van der Waals surface area contributed by atoms with Crippen molar-refractivity contribution in [3.63, 3.8) is 0 Å². The number of thioether (sulfide) groups is 1. The first-order valence-electron chi connectivity index (χ1n) is 11.5. The Hall–Kier alpha value is -3.74. The highest BCUT2D eigenvalue weighted by atomic mass is 32.2. The number of fused-ring (bicyclic) bond motifs is 1. The maximum absolute atomic E-state index is 12.9. The number of nitrogens with zero attached hydrogens (tertiary/aromatic N) is 2. The highest BCUT2D eigenvalue weighted by molar-refractivity contribution is 8.03. The molecule has 13 heteroatoms. The van der Waals surface area contributed by atoms with Crippen LogP contribution in [0.2, 0.25) is 0 Å². The van der Waals surface area contributed by atoms with Crippen LogP contribution < -0.4 is 5.73 Å². The summed E-state index contributed by atoms with van der Waals surface area (Å²) in [5, 5.41) is 9.63. The monoisotopic (exact) mass is 535 g/mol. The summed E-state index contributed by atoms with van der Waals surface area (Å²) in [5.41, 5.74) is 5.08. The summed E-state index contributed by atoms with van der Waals surface area (Å²) in [6.07, 6.45) is 3.78. The molecule has 37 heavy (non-hydrogen) atoms. The lowest BCUT2D eigenvalue weighted by molar-refractivity contribution is -0.162. The Morgan fingerprint density at radius 2 is 1.89 bits per heavy atom. The minimum atomic E-state index is -1.25. The van der Waals surface area contributed by atoms with Crippen LogP contribution in [0.15, 0.2) is 48.1 Å². The summed E-state index contributed by atoms with van der Waals surface area (Å²) in [5.74, 6) is -3.09. The van der Waals surface area contributed by atoms with Crippen LogP contribution in [0.3, 0.4) is 0 Å². The molecular weight excluding hydrogens is 506 g/mol. The van der Waals surface area contributed by atoms with Crippen LogP contribution in [-0.2, 0) is 28.6 Å². The Kier molecular flexibility index (Phi) is 9.03. The van der Waals surface area contributed by atoms with Crippen LogP contribution in [0.5, 0.6) is 0 Å². The first kappa shape index (κ1) is 27.8. The quantitative estimate of drug-likeness (QED) is 0.172. The van der Waals surface area contributed by atoms with Crippen LogP contribution in [0.25, 0.3) is 0 Å². The number of carbonyl (C=O) groups excluding carboxylic acids is 4. The molecule has 3 amide bonds. The van der Waals surface area contributed by atoms with E-state index in [1.807, 2.05) is 0 Å². The number of hydrogen-bond acceptors (Lipinski definition) is 9. The average Bonchev–Trinajstić information content (AvgIpc) is 3.39. The van der Waals surface area contributed by atoms with Gasteiger partial charge < -0.3 is 34.9 Å². The first-order chi connectivity index (χ1) is 17.6. The molecule has 200 valence electrons. The summed E-state index contributed by atoms with van der Waals surface area (Å²) in [4.78, 5) is 63.6. The lowest BCUT2D eigenvalue weighted by atomic mass is 9.83. The lowest BCUT2D eigenvalue weighted by Crippen LogP contribution is -2.62. The first-order valence-corrected chi connectivity index (χ1v) is 12.4. The Labute approximate surface area is 217 Å². The summed E-state index contributed by atoms with van der Waals surface area (Å²) in [7, 11) is 0. The van der Waals surface area contributed by atoms with Gasteiger partial charge in [-0.2, -0.15) is 0 Å². The van der Waals surface area contributed by atoms with E-state index in [2.05, 4.69) is 13.2 Å². The molecule has 0 aromatic rings. The molecule has 5 atom stereocenters. The number of β-lactam (4-membered cyclic amide) rings is 1. The summed E-state index contributed by atoms with van der Waals surface area (Å²) >= 11 is 1.26. The molecule has 3 aliphatic rings. The number of amides is 3. The second kappa shape index (κ2) is 12.0. The van der Waals surface area contributed by atoms with E-state index in [-0.39, 0.29) is 37.1 Å². The maximum atomic E-state index is 12.9. The van der Waals surface area contributed by atoms with Crippen molar-refractivity contribution in [3.05, 3.63) is 48.1 Å². The lowest BCUT2D eigenvalue weighted by Gasteiger charge is -2.45. The zero-order valence-electron chi connectivity index (χ0n) is 20.2. The number of nitrogens with two attached hydrogens (primary N) is 1. The minimum absolute atomic E-state index is 0.00917. The van der Waals surface area contributed by atoms with Gasteiger partial charge in [-0.15, -0.1) is 11.8 Å². The van der Waals surface area contributed by atoms with E-state index in [0.29, 0.717) is 11.3 Å². The van der Waals surface area contributed by atoms with Gasteiger partial charge in [-0.05, 0) is 13.3 Å². The van der Waals surface area contributed by atoms with Gasteiger partial charge in [0.05, 0.1) is 18.0 Å². The maximum Gasteiger partial charge on any atom is 0.508 e. The third-order valence-electron chi connectivity index (χ3n) is 6.13. The number of ether oxygens (including phenoxy) is 3. The Morgan fingerprint density at radius 3 is 2.51 bits per heavy atom. The van der Waals surface area contributed by atoms with Crippen molar-refractivity contribution in [2.45, 2.75) is 43.2 Å². The van der Waals surface area contributed by atoms with Gasteiger partial charge in [0, 0.05) is 29.2 Å². The van der Waals surface area contributed by atoms with Gasteiger partial charge in [-0.1, -0.05) is 31.4 Å². The Morgan fingerprint density at radius 1 is 1.22 bits per heavy atom. The van der Waals surface area contributed by atoms with Crippen molar-refractivity contribution in [2.24, 2.45) is 11.7 Å². The summed E-state index contributed by atoms with van der Waals surface area (Å²) in [6, 6.07) is -0.970. The van der Waals surface area contributed by atoms with E-state index < -0.39 is 54.1 Å². The molecule has 0 aliphatic carbocycles. The molecule has 3 aliphatic heterocycles. The second-order valence-corrected chi connectivity index (χ2v) is 9.97. The summed E-state index contributed by atoms with van der Waals surface area (Å²) in [6.45, 7) is 8.70. The summed E-state index contributed by atoms with van der Waals surface area (Å²) < 4.78 is 15.1. The number of likely N-dealkylation sites (tertiary alicyclic amines) is 1. The third-order valence-corrected chi connectivity index (χ3v) is 7.45. The number of aliphatic carboxylic acids is 1. The van der Waals surface area contributed by atoms with Crippen molar-refractivity contribution in [3.8, 4) is 0 Å². The minimum Gasteiger partial charge on any atom is -0.477 e. The normalized spacial score (nSPS) is 25.4. The molecule has 0 bridgehead atoms. The van der Waals surface area contributed by atoms with Gasteiger partial charge in [0.1, 0.15) is 25.0 Å². The largest absolute Gasteiger partial charge is 0.508 e. The molecule has 0 aromatic carbocycles. The van der Waals surface area contributed by atoms with E-state index in [4.69, 9.17) is 19.9 Å². The number of carboxylic acids is 1. The van der Waals surface area contributed by atoms with Crippen molar-refractivity contribution in [1.29, 1.82) is 0 Å². The number of carbonyl (C=O) groups is 5. The van der Waals surface area contributed by atoms with E-state index in [0.717, 1.165) is 0 Å². The third kappa shape index (κ3) is 6.16. The highest BCUT2D eigenvalue weighted by Crippen LogP contribution is 2.49. The van der Waals surface area contributed by atoms with Crippen molar-refractivity contribution in [1.82, 2.24) is 9.80 Å². The zero-order chi connectivity index (χ0) is 27.3. The van der Waals surface area contributed by atoms with Crippen LogP contribution in [0.4, 0.5) is 9.59 Å². The Bertz CT molecular complexity index is 1060. The fourth-order valence-corrected chi connectivity index (χ4v) is 6.13. The molecule has 12 nitrogen and oxygen atoms in total. The van der Waals surface area contributed by atoms with Crippen LogP contribution in [0, 0.1) is 5.92 Å². The number of primary amides is 1. The van der Waals surface area contributed by atoms with Crippen LogP contribution >= 0.6 is 11.8 Å². The van der Waals surface area contributed by atoms with Gasteiger partial charge >= 0.3 is 18.2 Å². The fraction of sp³-hybridized carbons (Fsp3) is 0.458. The van der Waals surface area contributed by atoms with E-state index >= 15 is 0 Å². The van der Waals surface area contributed by atoms with Gasteiger partial charge in [-0.3, -0.25) is 9.59 Å². The van der Waals surface area contributed by atoms with E-state index in [1.54, 1.807) is 6.92 Å². The molecule has 0 unspecified atom stereocenters. The fourth-order valence-electron chi connectivity index (χ4n) is 4.63. The van der Waals surface area contributed by atoms with Gasteiger partial charge in [0.15, 0.2) is 0 Å². The topological polar surface area (TPSA) is 166 Å². The average molecular weight is 536 g/mol. The highest BCUT2D eigenvalue weighted by Gasteiger charge is 2.58. The number of hydrogen-bond donors (Lipinski definition) is 2. The predicted molar refractivity (Wildman–Crippen MR) is 132 cm³/mol. The van der Waals surface area contributed by atoms with Crippen molar-refractivity contribution in [2.75, 3.05) is 19.8 Å². The standard InChI is InChI=1S/C24H29N3O9S/c1-4-8-34-23(32)26-12-15(10-14(26)6-7-18(25)28)37-17-11-16-19(13(3)36-24(33)35-9-5-2)21(29)27(16)20(17)22(30)31/h4-7,13-16,19H,1-2,8-12H2,3H3,(H2,25,28)(H,30,31)/b7-6+/t13-,14-,15+,16-,19-/m1/s1.